The molecule has 3 rings (SSSR count). The van der Waals surface area contributed by atoms with Gasteiger partial charge in [-0.15, -0.1) is 0 Å². The second-order valence-electron chi connectivity index (χ2n) is 7.29. The number of aromatic nitrogens is 1. The van der Waals surface area contributed by atoms with Crippen LogP contribution in [-0.2, 0) is 4.79 Å². The van der Waals surface area contributed by atoms with E-state index in [2.05, 4.69) is 10.5 Å². The molecule has 0 aliphatic carbocycles. The van der Waals surface area contributed by atoms with Gasteiger partial charge in [0, 0.05) is 30.6 Å². The van der Waals surface area contributed by atoms with Crippen molar-refractivity contribution >= 4 is 11.8 Å². The summed E-state index contributed by atoms with van der Waals surface area (Å²) in [7, 11) is 0. The third-order valence-electron chi connectivity index (χ3n) is 4.87. The van der Waals surface area contributed by atoms with Crippen LogP contribution in [0.25, 0.3) is 11.3 Å². The lowest BCUT2D eigenvalue weighted by Gasteiger charge is -2.22. The number of amides is 2. The van der Waals surface area contributed by atoms with Gasteiger partial charge in [-0.05, 0) is 37.1 Å². The van der Waals surface area contributed by atoms with E-state index >= 15 is 0 Å². The van der Waals surface area contributed by atoms with Crippen LogP contribution >= 0.6 is 0 Å². The van der Waals surface area contributed by atoms with Crippen LogP contribution in [0.2, 0.25) is 0 Å². The summed E-state index contributed by atoms with van der Waals surface area (Å²) in [4.78, 5) is 26.3. The normalized spacial score (nSPS) is 20.1. The summed E-state index contributed by atoms with van der Waals surface area (Å²) in [6, 6.07) is 6.85. The fraction of sp³-hybridized carbons (Fsp3) is 0.450. The first-order chi connectivity index (χ1) is 13.3. The minimum Gasteiger partial charge on any atom is -0.391 e. The minimum atomic E-state index is -0.715. The highest BCUT2D eigenvalue weighted by Crippen LogP contribution is 2.22. The van der Waals surface area contributed by atoms with Crippen molar-refractivity contribution in [1.82, 2.24) is 15.4 Å². The van der Waals surface area contributed by atoms with Gasteiger partial charge < -0.3 is 19.8 Å². The molecule has 0 saturated carbocycles. The van der Waals surface area contributed by atoms with Gasteiger partial charge in [0.2, 0.25) is 5.91 Å². The Morgan fingerprint density at radius 1 is 1.25 bits per heavy atom. The summed E-state index contributed by atoms with van der Waals surface area (Å²) in [6.07, 6.45) is 0.0958. The first kappa shape index (κ1) is 20.0. The molecule has 150 valence electrons. The number of nitrogens with zero attached hydrogens (tertiary/aromatic N) is 2. The molecule has 1 fully saturated rings. The van der Waals surface area contributed by atoms with Crippen molar-refractivity contribution in [2.24, 2.45) is 5.92 Å². The first-order valence-electron chi connectivity index (χ1n) is 9.35. The Morgan fingerprint density at radius 2 is 1.93 bits per heavy atom. The number of hydrogen-bond acceptors (Lipinski definition) is 5. The number of aliphatic hydroxyl groups excluding tert-OH is 1. The molecule has 8 heteroatoms. The smallest absolute Gasteiger partial charge is 0.276 e. The lowest BCUT2D eigenvalue weighted by Crippen LogP contribution is -2.44. The van der Waals surface area contributed by atoms with Gasteiger partial charge in [-0.1, -0.05) is 19.0 Å². The van der Waals surface area contributed by atoms with Crippen LogP contribution in [-0.4, -0.2) is 52.2 Å². The molecule has 1 aliphatic rings. The Bertz CT molecular complexity index is 834. The maximum Gasteiger partial charge on any atom is 0.276 e. The molecular formula is C20H24FN3O4. The predicted octanol–water partition coefficient (Wildman–Crippen LogP) is 2.22. The fourth-order valence-electron chi connectivity index (χ4n) is 3.10. The Balaban J connectivity index is 1.66. The molecule has 0 radical (unpaired) electrons. The number of nitrogens with one attached hydrogen (secondary N) is 1. The molecule has 2 amide bonds. The maximum atomic E-state index is 13.0. The standard InChI is InChI=1S/C20H24FN3O4/c1-12(2)19(26)22-15-7-9-24(10-8-17(15)25)20(27)16-11-18(28-23-16)13-3-5-14(21)6-4-13/h3-6,11-12,15,17,25H,7-10H2,1-2H3,(H,22,26)/t15-,17-/m0/s1. The van der Waals surface area contributed by atoms with Gasteiger partial charge in [0.25, 0.3) is 5.91 Å². The summed E-state index contributed by atoms with van der Waals surface area (Å²) in [5, 5.41) is 17.0. The topological polar surface area (TPSA) is 95.7 Å². The van der Waals surface area contributed by atoms with Crippen LogP contribution in [0.1, 0.15) is 37.2 Å². The molecule has 0 bridgehead atoms. The van der Waals surface area contributed by atoms with Crippen LogP contribution in [0, 0.1) is 11.7 Å². The van der Waals surface area contributed by atoms with Crippen LogP contribution in [0.3, 0.4) is 0 Å². The van der Waals surface area contributed by atoms with E-state index in [0.717, 1.165) is 0 Å². The molecule has 2 N–H and O–H groups in total. The zero-order valence-corrected chi connectivity index (χ0v) is 15.9. The highest BCUT2D eigenvalue weighted by molar-refractivity contribution is 5.93. The predicted molar refractivity (Wildman–Crippen MR) is 99.8 cm³/mol. The second-order valence-corrected chi connectivity index (χ2v) is 7.29. The van der Waals surface area contributed by atoms with Crippen molar-refractivity contribution in [2.75, 3.05) is 13.1 Å². The van der Waals surface area contributed by atoms with Gasteiger partial charge in [0.15, 0.2) is 11.5 Å². The first-order valence-corrected chi connectivity index (χ1v) is 9.35. The van der Waals surface area contributed by atoms with Crippen molar-refractivity contribution in [3.8, 4) is 11.3 Å². The Labute approximate surface area is 162 Å². The van der Waals surface area contributed by atoms with Crippen molar-refractivity contribution in [2.45, 2.75) is 38.8 Å². The molecule has 1 aliphatic heterocycles. The maximum absolute atomic E-state index is 13.0. The molecule has 2 atom stereocenters. The van der Waals surface area contributed by atoms with E-state index in [-0.39, 0.29) is 35.3 Å². The van der Waals surface area contributed by atoms with Crippen LogP contribution in [0.15, 0.2) is 34.9 Å². The average molecular weight is 389 g/mol. The molecule has 0 unspecified atom stereocenters. The average Bonchev–Trinajstić information content (AvgIpc) is 3.09. The number of hydrogen-bond donors (Lipinski definition) is 2. The summed E-state index contributed by atoms with van der Waals surface area (Å²) >= 11 is 0. The van der Waals surface area contributed by atoms with Crippen molar-refractivity contribution in [1.29, 1.82) is 0 Å². The van der Waals surface area contributed by atoms with Crippen molar-refractivity contribution in [3.05, 3.63) is 41.8 Å². The van der Waals surface area contributed by atoms with Gasteiger partial charge in [-0.2, -0.15) is 0 Å². The van der Waals surface area contributed by atoms with Crippen LogP contribution < -0.4 is 5.32 Å². The monoisotopic (exact) mass is 389 g/mol. The molecule has 1 aromatic heterocycles. The Morgan fingerprint density at radius 3 is 2.61 bits per heavy atom. The minimum absolute atomic E-state index is 0.121. The molecule has 2 heterocycles. The van der Waals surface area contributed by atoms with E-state index < -0.39 is 6.10 Å². The summed E-state index contributed by atoms with van der Waals surface area (Å²) in [5.74, 6) is -0.584. The molecular weight excluding hydrogens is 365 g/mol. The molecule has 28 heavy (non-hydrogen) atoms. The lowest BCUT2D eigenvalue weighted by molar-refractivity contribution is -0.125. The van der Waals surface area contributed by atoms with Gasteiger partial charge in [0.1, 0.15) is 5.82 Å². The van der Waals surface area contributed by atoms with Gasteiger partial charge in [0.05, 0.1) is 12.1 Å². The molecule has 1 aromatic carbocycles. The van der Waals surface area contributed by atoms with Gasteiger partial charge >= 0.3 is 0 Å². The number of benzene rings is 1. The highest BCUT2D eigenvalue weighted by Gasteiger charge is 2.30. The van der Waals surface area contributed by atoms with Crippen molar-refractivity contribution < 1.29 is 23.6 Å². The summed E-state index contributed by atoms with van der Waals surface area (Å²) in [5.41, 5.74) is 0.772. The van der Waals surface area contributed by atoms with Crippen molar-refractivity contribution in [3.63, 3.8) is 0 Å². The SMILES string of the molecule is CC(C)C(=O)N[C@H]1CCN(C(=O)c2cc(-c3ccc(F)cc3)on2)CC[C@@H]1O. The third-order valence-corrected chi connectivity index (χ3v) is 4.87. The number of aliphatic hydroxyl groups is 1. The lowest BCUT2D eigenvalue weighted by atomic mass is 10.1. The van der Waals surface area contributed by atoms with Crippen LogP contribution in [0.5, 0.6) is 0 Å². The van der Waals surface area contributed by atoms with E-state index in [1.807, 2.05) is 0 Å². The highest BCUT2D eigenvalue weighted by atomic mass is 19.1. The zero-order valence-electron chi connectivity index (χ0n) is 15.9. The Kier molecular flexibility index (Phi) is 6.08. The number of rotatable bonds is 4. The second kappa shape index (κ2) is 8.52. The Hall–Kier alpha value is -2.74. The summed E-state index contributed by atoms with van der Waals surface area (Å²) < 4.78 is 18.3. The van der Waals surface area contributed by atoms with Gasteiger partial charge in [-0.3, -0.25) is 9.59 Å². The summed E-state index contributed by atoms with van der Waals surface area (Å²) in [6.45, 7) is 4.32. The fourth-order valence-corrected chi connectivity index (χ4v) is 3.10. The number of carbonyl (C=O) groups excluding carboxylic acids is 2. The van der Waals surface area contributed by atoms with E-state index in [1.54, 1.807) is 30.9 Å². The van der Waals surface area contributed by atoms with E-state index in [0.29, 0.717) is 37.3 Å². The molecule has 1 saturated heterocycles. The number of halogens is 1. The quantitative estimate of drug-likeness (QED) is 0.836. The third kappa shape index (κ3) is 4.56. The number of carbonyl (C=O) groups is 2. The molecule has 2 aromatic rings. The molecule has 0 spiro atoms. The number of likely N-dealkylation sites (tertiary alicyclic amines) is 1. The van der Waals surface area contributed by atoms with Crippen LogP contribution in [0.4, 0.5) is 4.39 Å². The largest absolute Gasteiger partial charge is 0.391 e. The van der Waals surface area contributed by atoms with E-state index in [4.69, 9.17) is 4.52 Å². The van der Waals surface area contributed by atoms with E-state index in [1.165, 1.54) is 18.2 Å². The van der Waals surface area contributed by atoms with Gasteiger partial charge in [-0.25, -0.2) is 4.39 Å². The van der Waals surface area contributed by atoms with E-state index in [9.17, 15) is 19.1 Å². The molecule has 7 nitrogen and oxygen atoms in total. The zero-order chi connectivity index (χ0) is 20.3.